The van der Waals surface area contributed by atoms with E-state index in [9.17, 15) is 18.0 Å². The minimum Gasteiger partial charge on any atom is -0.382 e. The molecule has 0 spiro atoms. The Morgan fingerprint density at radius 1 is 1.41 bits per heavy atom. The Morgan fingerprint density at radius 3 is 2.79 bits per heavy atom. The normalized spacial score (nSPS) is 32.1. The summed E-state index contributed by atoms with van der Waals surface area (Å²) in [5.41, 5.74) is 1.44. The van der Waals surface area contributed by atoms with Crippen molar-refractivity contribution in [1.82, 2.24) is 30.9 Å². The molecule has 12 heteroatoms. The van der Waals surface area contributed by atoms with Crippen LogP contribution in [0.5, 0.6) is 0 Å². The lowest BCUT2D eigenvalue weighted by Crippen LogP contribution is -2.70. The zero-order valence-electron chi connectivity index (χ0n) is 16.7. The van der Waals surface area contributed by atoms with E-state index in [1.165, 1.54) is 0 Å². The summed E-state index contributed by atoms with van der Waals surface area (Å²) in [5, 5.41) is 22.9. The summed E-state index contributed by atoms with van der Waals surface area (Å²) < 4.78 is 26.6. The molecule has 3 aliphatic heterocycles. The fourth-order valence-electron chi connectivity index (χ4n) is 4.15. The fourth-order valence-corrected chi connectivity index (χ4v) is 6.26. The molecule has 0 aromatic carbocycles. The van der Waals surface area contributed by atoms with E-state index in [1.54, 1.807) is 20.8 Å². The number of nitriles is 1. The van der Waals surface area contributed by atoms with Gasteiger partial charge in [-0.3, -0.25) is 4.79 Å². The Balaban J connectivity index is 1.68. The van der Waals surface area contributed by atoms with Crippen molar-refractivity contribution in [2.75, 3.05) is 19.6 Å². The number of piperidine rings is 1. The molecular formula is C17H27N7O4S. The molecule has 3 heterocycles. The van der Waals surface area contributed by atoms with Crippen LogP contribution in [0.4, 0.5) is 4.79 Å². The summed E-state index contributed by atoms with van der Waals surface area (Å²) >= 11 is 0. The van der Waals surface area contributed by atoms with E-state index in [0.29, 0.717) is 29.5 Å². The van der Waals surface area contributed by atoms with Crippen LogP contribution in [0, 0.1) is 11.3 Å². The second-order valence-corrected chi connectivity index (χ2v) is 9.65. The molecule has 3 rings (SSSR count). The topological polar surface area (TPSA) is 155 Å². The van der Waals surface area contributed by atoms with Gasteiger partial charge < -0.3 is 26.6 Å². The number of amides is 3. The lowest BCUT2D eigenvalue weighted by atomic mass is 10.00. The van der Waals surface area contributed by atoms with Crippen LogP contribution < -0.4 is 26.6 Å². The number of nitrogens with one attached hydrogen (secondary N) is 5. The van der Waals surface area contributed by atoms with Crippen LogP contribution in [-0.4, -0.2) is 73.7 Å². The number of carbonyl (C=O) groups is 2. The van der Waals surface area contributed by atoms with E-state index in [0.717, 1.165) is 5.70 Å². The van der Waals surface area contributed by atoms with Crippen molar-refractivity contribution in [3.05, 3.63) is 11.4 Å². The molecule has 0 aliphatic carbocycles. The van der Waals surface area contributed by atoms with Gasteiger partial charge in [0.15, 0.2) is 0 Å². The Bertz CT molecular complexity index is 865. The first-order valence-corrected chi connectivity index (χ1v) is 11.1. The van der Waals surface area contributed by atoms with E-state index >= 15 is 0 Å². The average Bonchev–Trinajstić information content (AvgIpc) is 2.64. The Kier molecular flexibility index (Phi) is 5.90. The number of nitrogens with zero attached hydrogens (tertiary/aromatic N) is 2. The molecule has 0 saturated carbocycles. The summed E-state index contributed by atoms with van der Waals surface area (Å²) in [5.74, 6) is -0.587. The second kappa shape index (κ2) is 8.08. The van der Waals surface area contributed by atoms with Gasteiger partial charge in [-0.2, -0.15) is 5.26 Å². The van der Waals surface area contributed by atoms with E-state index in [2.05, 4.69) is 32.7 Å². The standard InChI is InChI=1S/C17H27N7O4S/c1-9-15(20-7-12(6-18)21-9)10(2)22-14(25)8-24-17(26)23-13-4-5-19-11(3)16(13)29(24,27)28/h10-13,16,19-21H,4-5,7-8H2,1-3H3,(H,22,25)(H,23,26)/t10-,11?,12?,13?,16?/m1/s1. The molecular weight excluding hydrogens is 398 g/mol. The molecule has 0 radical (unpaired) electrons. The first-order valence-electron chi connectivity index (χ1n) is 9.60. The van der Waals surface area contributed by atoms with Crippen LogP contribution in [0.2, 0.25) is 0 Å². The quantitative estimate of drug-likeness (QED) is 0.356. The molecule has 5 atom stereocenters. The molecule has 2 fully saturated rings. The maximum Gasteiger partial charge on any atom is 0.331 e. The van der Waals surface area contributed by atoms with Gasteiger partial charge in [-0.1, -0.05) is 0 Å². The Hall–Kier alpha value is -2.52. The van der Waals surface area contributed by atoms with Crippen molar-refractivity contribution in [3.63, 3.8) is 0 Å². The van der Waals surface area contributed by atoms with Crippen molar-refractivity contribution >= 4 is 22.0 Å². The lowest BCUT2D eigenvalue weighted by molar-refractivity contribution is -0.121. The lowest BCUT2D eigenvalue weighted by Gasteiger charge is -2.43. The van der Waals surface area contributed by atoms with Gasteiger partial charge >= 0.3 is 6.03 Å². The third kappa shape index (κ3) is 4.11. The number of urea groups is 1. The van der Waals surface area contributed by atoms with Crippen LogP contribution in [-0.2, 0) is 14.8 Å². The van der Waals surface area contributed by atoms with Crippen molar-refractivity contribution in [1.29, 1.82) is 5.26 Å². The van der Waals surface area contributed by atoms with Gasteiger partial charge in [0.25, 0.3) is 0 Å². The highest BCUT2D eigenvalue weighted by Gasteiger charge is 2.50. The highest BCUT2D eigenvalue weighted by atomic mass is 32.2. The van der Waals surface area contributed by atoms with E-state index in [-0.39, 0.29) is 12.1 Å². The van der Waals surface area contributed by atoms with Gasteiger partial charge in [-0.05, 0) is 33.7 Å². The highest BCUT2D eigenvalue weighted by Crippen LogP contribution is 2.25. The van der Waals surface area contributed by atoms with E-state index in [4.69, 9.17) is 5.26 Å². The summed E-state index contributed by atoms with van der Waals surface area (Å²) in [4.78, 5) is 24.9. The van der Waals surface area contributed by atoms with Crippen molar-refractivity contribution < 1.29 is 18.0 Å². The first kappa shape index (κ1) is 21.2. The first-order chi connectivity index (χ1) is 13.6. The number of hydrogen-bond acceptors (Lipinski definition) is 8. The fraction of sp³-hybridized carbons (Fsp3) is 0.706. The summed E-state index contributed by atoms with van der Waals surface area (Å²) in [7, 11) is -3.98. The summed E-state index contributed by atoms with van der Waals surface area (Å²) in [6.45, 7) is 5.71. The predicted molar refractivity (Wildman–Crippen MR) is 105 cm³/mol. The molecule has 5 N–H and O–H groups in total. The SMILES string of the molecule is CC1=C([C@@H](C)NC(=O)CN2C(=O)NC3CCNC(C)C3S2(=O)=O)NCC(C#N)N1. The number of sulfonamides is 1. The molecule has 4 unspecified atom stereocenters. The third-order valence-corrected chi connectivity index (χ3v) is 7.88. The van der Waals surface area contributed by atoms with Crippen LogP contribution in [0.1, 0.15) is 27.2 Å². The molecule has 0 aromatic rings. The third-order valence-electron chi connectivity index (χ3n) is 5.54. The molecule has 0 bridgehead atoms. The molecule has 29 heavy (non-hydrogen) atoms. The Morgan fingerprint density at radius 2 is 2.14 bits per heavy atom. The van der Waals surface area contributed by atoms with E-state index < -0.39 is 45.8 Å². The molecule has 11 nitrogen and oxygen atoms in total. The van der Waals surface area contributed by atoms with Gasteiger partial charge in [0.2, 0.25) is 15.9 Å². The van der Waals surface area contributed by atoms with Gasteiger partial charge in [-0.25, -0.2) is 17.5 Å². The zero-order chi connectivity index (χ0) is 21.3. The number of carbonyl (C=O) groups excluding carboxylic acids is 2. The largest absolute Gasteiger partial charge is 0.382 e. The number of allylic oxidation sites excluding steroid dienone is 1. The molecule has 2 saturated heterocycles. The predicted octanol–water partition coefficient (Wildman–Crippen LogP) is -1.72. The number of fused-ring (bicyclic) bond motifs is 1. The van der Waals surface area contributed by atoms with Gasteiger partial charge in [0.1, 0.15) is 17.8 Å². The van der Waals surface area contributed by atoms with Crippen molar-refractivity contribution in [3.8, 4) is 6.07 Å². The smallest absolute Gasteiger partial charge is 0.331 e. The monoisotopic (exact) mass is 425 g/mol. The van der Waals surface area contributed by atoms with Crippen LogP contribution >= 0.6 is 0 Å². The minimum absolute atomic E-state index is 0.331. The maximum atomic E-state index is 13.0. The van der Waals surface area contributed by atoms with Crippen LogP contribution in [0.25, 0.3) is 0 Å². The zero-order valence-corrected chi connectivity index (χ0v) is 17.5. The highest BCUT2D eigenvalue weighted by molar-refractivity contribution is 7.90. The average molecular weight is 426 g/mol. The van der Waals surface area contributed by atoms with Crippen LogP contribution in [0.15, 0.2) is 11.4 Å². The number of rotatable bonds is 4. The van der Waals surface area contributed by atoms with Gasteiger partial charge in [0.05, 0.1) is 23.8 Å². The van der Waals surface area contributed by atoms with Gasteiger partial charge in [-0.15, -0.1) is 0 Å². The molecule has 0 aromatic heterocycles. The second-order valence-electron chi connectivity index (χ2n) is 7.64. The molecule has 3 amide bonds. The minimum atomic E-state index is -3.98. The molecule has 3 aliphatic rings. The summed E-state index contributed by atoms with van der Waals surface area (Å²) in [6, 6.07) is -0.258. The van der Waals surface area contributed by atoms with E-state index in [1.807, 2.05) is 0 Å². The van der Waals surface area contributed by atoms with Crippen molar-refractivity contribution in [2.45, 2.75) is 56.6 Å². The van der Waals surface area contributed by atoms with Crippen LogP contribution in [0.3, 0.4) is 0 Å². The summed E-state index contributed by atoms with van der Waals surface area (Å²) in [6.07, 6.45) is 0.521. The van der Waals surface area contributed by atoms with Gasteiger partial charge in [0, 0.05) is 18.3 Å². The maximum absolute atomic E-state index is 13.0. The molecule has 160 valence electrons. The van der Waals surface area contributed by atoms with Crippen molar-refractivity contribution in [2.24, 2.45) is 0 Å². The number of hydrogen-bond donors (Lipinski definition) is 5. The Labute approximate surface area is 170 Å².